The highest BCUT2D eigenvalue weighted by Gasteiger charge is 2.32. The van der Waals surface area contributed by atoms with Crippen LogP contribution in [0.3, 0.4) is 0 Å². The Labute approximate surface area is 111 Å². The van der Waals surface area contributed by atoms with Gasteiger partial charge in [-0.05, 0) is 6.92 Å². The first-order chi connectivity index (χ1) is 8.04. The van der Waals surface area contributed by atoms with Crippen LogP contribution in [0.2, 0.25) is 4.47 Å². The van der Waals surface area contributed by atoms with Gasteiger partial charge in [0, 0.05) is 13.6 Å². The number of hydrogen-bond donors (Lipinski definition) is 0. The van der Waals surface area contributed by atoms with Crippen molar-refractivity contribution in [1.29, 1.82) is 0 Å². The van der Waals surface area contributed by atoms with Gasteiger partial charge in [0.15, 0.2) is 8.68 Å². The monoisotopic (exact) mass is 322 g/mol. The molecule has 0 aliphatic heterocycles. The van der Waals surface area contributed by atoms with Crippen molar-refractivity contribution in [3.63, 3.8) is 0 Å². The van der Waals surface area contributed by atoms with Gasteiger partial charge in [0.2, 0.25) is 0 Å². The maximum absolute atomic E-state index is 12.0. The fourth-order valence-corrected chi connectivity index (χ4v) is 4.23. The highest BCUT2D eigenvalue weighted by atomic mass is 35.5. The molecule has 0 fully saturated rings. The van der Waals surface area contributed by atoms with Crippen LogP contribution in [0.1, 0.15) is 12.1 Å². The third-order valence-corrected chi connectivity index (χ3v) is 5.79. The fourth-order valence-electron chi connectivity index (χ4n) is 1.14. The van der Waals surface area contributed by atoms with Crippen LogP contribution in [0.5, 0.6) is 0 Å². The summed E-state index contributed by atoms with van der Waals surface area (Å²) in [6, 6.07) is 0. The molecule has 0 aliphatic rings. The largest absolute Gasteiger partial charge is 0.390 e. The zero-order chi connectivity index (χ0) is 14.1. The van der Waals surface area contributed by atoms with Crippen molar-refractivity contribution in [3.8, 4) is 0 Å². The lowest BCUT2D eigenvalue weighted by molar-refractivity contribution is -0.135. The number of sulfonamides is 1. The maximum atomic E-state index is 12.0. The summed E-state index contributed by atoms with van der Waals surface area (Å²) in [6.45, 7) is 0.799. The summed E-state index contributed by atoms with van der Waals surface area (Å²) in [5, 5.41) is 0. The van der Waals surface area contributed by atoms with Gasteiger partial charge < -0.3 is 0 Å². The molecule has 1 aromatic heterocycles. The van der Waals surface area contributed by atoms with Crippen molar-refractivity contribution >= 4 is 33.0 Å². The van der Waals surface area contributed by atoms with Crippen molar-refractivity contribution in [3.05, 3.63) is 10.2 Å². The summed E-state index contributed by atoms with van der Waals surface area (Å²) in [7, 11) is -2.87. The molecular weight excluding hydrogens is 313 g/mol. The van der Waals surface area contributed by atoms with Crippen LogP contribution in [0.4, 0.5) is 13.2 Å². The Balaban J connectivity index is 2.90. The number of halogens is 4. The molecule has 0 aliphatic carbocycles. The van der Waals surface area contributed by atoms with Crippen LogP contribution in [-0.2, 0) is 10.0 Å². The number of alkyl halides is 3. The lowest BCUT2D eigenvalue weighted by Crippen LogP contribution is -2.30. The fraction of sp³-hybridized carbons (Fsp3) is 0.625. The van der Waals surface area contributed by atoms with Gasteiger partial charge in [0.25, 0.3) is 10.0 Å². The van der Waals surface area contributed by atoms with E-state index in [1.54, 1.807) is 0 Å². The predicted octanol–water partition coefficient (Wildman–Crippen LogP) is 2.68. The summed E-state index contributed by atoms with van der Waals surface area (Å²) < 4.78 is 60.6. The van der Waals surface area contributed by atoms with Crippen molar-refractivity contribution in [2.75, 3.05) is 13.6 Å². The van der Waals surface area contributed by atoms with Crippen LogP contribution in [0, 0.1) is 6.92 Å². The average Bonchev–Trinajstić information content (AvgIpc) is 2.53. The highest BCUT2D eigenvalue weighted by molar-refractivity contribution is 7.91. The molecule has 18 heavy (non-hydrogen) atoms. The summed E-state index contributed by atoms with van der Waals surface area (Å²) in [4.78, 5) is 3.72. The van der Waals surface area contributed by atoms with E-state index < -0.39 is 29.2 Å². The maximum Gasteiger partial charge on any atom is 0.390 e. The van der Waals surface area contributed by atoms with Gasteiger partial charge >= 0.3 is 6.18 Å². The van der Waals surface area contributed by atoms with E-state index in [4.69, 9.17) is 11.6 Å². The van der Waals surface area contributed by atoms with Gasteiger partial charge in [0.1, 0.15) is 0 Å². The number of aromatic nitrogens is 1. The first-order valence-corrected chi connectivity index (χ1v) is 7.33. The minimum Gasteiger partial charge on any atom is -0.229 e. The predicted molar refractivity (Wildman–Crippen MR) is 62.3 cm³/mol. The molecule has 104 valence electrons. The number of thiazole rings is 1. The van der Waals surface area contributed by atoms with Crippen LogP contribution in [0.15, 0.2) is 4.21 Å². The second-order valence-corrected chi connectivity index (χ2v) is 7.35. The third-order valence-electron chi connectivity index (χ3n) is 2.08. The van der Waals surface area contributed by atoms with Crippen molar-refractivity contribution in [2.45, 2.75) is 23.7 Å². The quantitative estimate of drug-likeness (QED) is 0.856. The molecule has 4 nitrogen and oxygen atoms in total. The number of nitrogens with zero attached hydrogens (tertiary/aromatic N) is 2. The van der Waals surface area contributed by atoms with Crippen LogP contribution in [-0.4, -0.2) is 37.5 Å². The van der Waals surface area contributed by atoms with Gasteiger partial charge in [-0.15, -0.1) is 0 Å². The van der Waals surface area contributed by atoms with Gasteiger partial charge in [-0.3, -0.25) is 0 Å². The summed E-state index contributed by atoms with van der Waals surface area (Å²) in [5.41, 5.74) is 0.184. The van der Waals surface area contributed by atoms with E-state index >= 15 is 0 Å². The van der Waals surface area contributed by atoms with E-state index in [0.29, 0.717) is 4.31 Å². The molecule has 1 aromatic rings. The molecule has 0 amide bonds. The van der Waals surface area contributed by atoms with Crippen molar-refractivity contribution < 1.29 is 21.6 Å². The Hall–Kier alpha value is -0.380. The highest BCUT2D eigenvalue weighted by Crippen LogP contribution is 2.29. The van der Waals surface area contributed by atoms with Crippen LogP contribution >= 0.6 is 22.9 Å². The Bertz CT molecular complexity index is 527. The number of rotatable bonds is 4. The molecule has 1 rings (SSSR count). The molecule has 10 heteroatoms. The normalized spacial score (nSPS) is 13.3. The molecule has 0 N–H and O–H groups in total. The Morgan fingerprint density at radius 2 is 2.00 bits per heavy atom. The van der Waals surface area contributed by atoms with Gasteiger partial charge in [-0.25, -0.2) is 13.4 Å². The van der Waals surface area contributed by atoms with Crippen molar-refractivity contribution in [1.82, 2.24) is 9.29 Å². The van der Waals surface area contributed by atoms with Crippen molar-refractivity contribution in [2.24, 2.45) is 0 Å². The van der Waals surface area contributed by atoms with E-state index in [1.807, 2.05) is 0 Å². The molecule has 0 unspecified atom stereocenters. The smallest absolute Gasteiger partial charge is 0.229 e. The first-order valence-electron chi connectivity index (χ1n) is 4.70. The average molecular weight is 323 g/mol. The van der Waals surface area contributed by atoms with Crippen LogP contribution in [0.25, 0.3) is 0 Å². The standard InChI is InChI=1S/C8H10ClF3N2O2S2/c1-5-6(17-7(9)13-5)18(15,16)14(2)4-3-8(10,11)12/h3-4H2,1-2H3. The minimum atomic E-state index is -4.40. The first kappa shape index (κ1) is 15.7. The molecule has 0 saturated heterocycles. The van der Waals surface area contributed by atoms with Gasteiger partial charge in [0.05, 0.1) is 12.1 Å². The van der Waals surface area contributed by atoms with Crippen LogP contribution < -0.4 is 0 Å². The Kier molecular flexibility index (Phi) is 4.63. The van der Waals surface area contributed by atoms with Gasteiger partial charge in [-0.1, -0.05) is 22.9 Å². The molecule has 0 atom stereocenters. The third kappa shape index (κ3) is 3.81. The molecule has 0 saturated carbocycles. The SMILES string of the molecule is Cc1nc(Cl)sc1S(=O)(=O)N(C)CCC(F)(F)F. The molecular formula is C8H10ClF3N2O2S2. The summed E-state index contributed by atoms with van der Waals surface area (Å²) in [5.74, 6) is 0. The van der Waals surface area contributed by atoms with E-state index in [-0.39, 0.29) is 14.4 Å². The van der Waals surface area contributed by atoms with E-state index in [2.05, 4.69) is 4.98 Å². The Morgan fingerprint density at radius 3 is 2.39 bits per heavy atom. The second-order valence-electron chi connectivity index (χ2n) is 3.53. The van der Waals surface area contributed by atoms with E-state index in [9.17, 15) is 21.6 Å². The number of aryl methyl sites for hydroxylation is 1. The summed E-state index contributed by atoms with van der Waals surface area (Å²) in [6.07, 6.45) is -5.60. The molecule has 0 bridgehead atoms. The molecule has 0 radical (unpaired) electrons. The molecule has 1 heterocycles. The Morgan fingerprint density at radius 1 is 1.44 bits per heavy atom. The lowest BCUT2D eigenvalue weighted by Gasteiger charge is -2.17. The molecule has 0 aromatic carbocycles. The molecule has 0 spiro atoms. The number of hydrogen-bond acceptors (Lipinski definition) is 4. The topological polar surface area (TPSA) is 50.3 Å². The summed E-state index contributed by atoms with van der Waals surface area (Å²) >= 11 is 6.30. The van der Waals surface area contributed by atoms with E-state index in [0.717, 1.165) is 18.4 Å². The zero-order valence-corrected chi connectivity index (χ0v) is 11.8. The lowest BCUT2D eigenvalue weighted by atomic mass is 10.4. The van der Waals surface area contributed by atoms with E-state index in [1.165, 1.54) is 6.92 Å². The zero-order valence-electron chi connectivity index (χ0n) is 9.45. The minimum absolute atomic E-state index is 0.0373. The second kappa shape index (κ2) is 5.32. The van der Waals surface area contributed by atoms with Gasteiger partial charge in [-0.2, -0.15) is 17.5 Å².